The van der Waals surface area contributed by atoms with Crippen LogP contribution in [0.3, 0.4) is 0 Å². The molecule has 3 rings (SSSR count). The molecule has 7 heteroatoms. The highest BCUT2D eigenvalue weighted by Gasteiger charge is 2.68. The number of ether oxygens (including phenoxy) is 3. The van der Waals surface area contributed by atoms with Crippen molar-refractivity contribution in [2.24, 2.45) is 11.8 Å². The lowest BCUT2D eigenvalue weighted by molar-refractivity contribution is -0.188. The van der Waals surface area contributed by atoms with Gasteiger partial charge in [0.2, 0.25) is 0 Å². The van der Waals surface area contributed by atoms with Gasteiger partial charge in [-0.1, -0.05) is 13.0 Å². The van der Waals surface area contributed by atoms with Crippen molar-refractivity contribution in [1.29, 1.82) is 0 Å². The van der Waals surface area contributed by atoms with Gasteiger partial charge in [0.05, 0.1) is 31.8 Å². The van der Waals surface area contributed by atoms with Crippen molar-refractivity contribution in [3.63, 3.8) is 0 Å². The number of rotatable bonds is 2. The van der Waals surface area contributed by atoms with Crippen LogP contribution >= 0.6 is 0 Å². The number of fused-ring (bicyclic) bond motifs is 2. The average molecular weight is 324 g/mol. The van der Waals surface area contributed by atoms with Crippen molar-refractivity contribution >= 4 is 5.97 Å². The third-order valence-electron chi connectivity index (χ3n) is 4.99. The van der Waals surface area contributed by atoms with Crippen molar-refractivity contribution in [3.8, 4) is 11.5 Å². The zero-order valence-electron chi connectivity index (χ0n) is 13.1. The summed E-state index contributed by atoms with van der Waals surface area (Å²) in [6.07, 6.45) is -3.40. The van der Waals surface area contributed by atoms with E-state index in [9.17, 15) is 20.1 Å². The Balaban J connectivity index is 2.15. The van der Waals surface area contributed by atoms with Crippen LogP contribution in [0.15, 0.2) is 18.2 Å². The first-order chi connectivity index (χ1) is 10.9. The van der Waals surface area contributed by atoms with Gasteiger partial charge < -0.3 is 29.5 Å². The zero-order chi connectivity index (χ0) is 16.9. The van der Waals surface area contributed by atoms with Gasteiger partial charge in [-0.05, 0) is 12.1 Å². The van der Waals surface area contributed by atoms with Crippen LogP contribution in [0.5, 0.6) is 11.5 Å². The third kappa shape index (κ3) is 1.97. The van der Waals surface area contributed by atoms with Crippen LogP contribution in [0.4, 0.5) is 0 Å². The third-order valence-corrected chi connectivity index (χ3v) is 4.99. The van der Waals surface area contributed by atoms with Crippen LogP contribution < -0.4 is 9.47 Å². The molecule has 2 aliphatic rings. The number of hydrogen-bond donors (Lipinski definition) is 3. The maximum Gasteiger partial charge on any atom is 0.341 e. The molecule has 0 saturated heterocycles. The van der Waals surface area contributed by atoms with Gasteiger partial charge in [-0.3, -0.25) is 0 Å². The number of carbonyl (C=O) groups is 1. The van der Waals surface area contributed by atoms with E-state index in [-0.39, 0.29) is 0 Å². The molecule has 1 aliphatic carbocycles. The topological polar surface area (TPSA) is 105 Å². The van der Waals surface area contributed by atoms with Crippen molar-refractivity contribution < 1.29 is 34.3 Å². The second kappa shape index (κ2) is 5.36. The summed E-state index contributed by atoms with van der Waals surface area (Å²) < 4.78 is 15.8. The summed E-state index contributed by atoms with van der Waals surface area (Å²) in [6.45, 7) is 1.65. The van der Waals surface area contributed by atoms with E-state index in [2.05, 4.69) is 4.74 Å². The fourth-order valence-corrected chi connectivity index (χ4v) is 3.80. The lowest BCUT2D eigenvalue weighted by Crippen LogP contribution is -2.55. The SMILES string of the molecule is COC(=O)[C@@]1(O)[C@@H]2[C@H](Oc3cccc(OC)c3[C@@H]2O)[C@@H](C)[C@@H]1O. The molecule has 1 fully saturated rings. The summed E-state index contributed by atoms with van der Waals surface area (Å²) in [6, 6.07) is 5.04. The summed E-state index contributed by atoms with van der Waals surface area (Å²) in [4.78, 5) is 12.1. The fraction of sp³-hybridized carbons (Fsp3) is 0.562. The van der Waals surface area contributed by atoms with Gasteiger partial charge in [0.25, 0.3) is 0 Å². The van der Waals surface area contributed by atoms with E-state index in [1.54, 1.807) is 25.1 Å². The number of benzene rings is 1. The van der Waals surface area contributed by atoms with Gasteiger partial charge in [-0.25, -0.2) is 4.79 Å². The number of esters is 1. The number of methoxy groups -OCH3 is 2. The predicted molar refractivity (Wildman–Crippen MR) is 78.0 cm³/mol. The molecule has 0 radical (unpaired) electrons. The van der Waals surface area contributed by atoms with E-state index in [0.717, 1.165) is 7.11 Å². The standard InChI is InChI=1S/C16H20O7/c1-7-13-11(16(20,14(7)18)15(19)22-3)12(17)10-8(21-2)5-4-6-9(10)23-13/h4-7,11-14,17-18,20H,1-3H3/t7-,11+,12+,13-,14+,16-/m1/s1. The molecule has 7 nitrogen and oxygen atoms in total. The molecule has 126 valence electrons. The Kier molecular flexibility index (Phi) is 3.74. The first-order valence-electron chi connectivity index (χ1n) is 7.38. The lowest BCUT2D eigenvalue weighted by atomic mass is 9.79. The molecule has 0 amide bonds. The van der Waals surface area contributed by atoms with E-state index in [0.29, 0.717) is 17.1 Å². The van der Waals surface area contributed by atoms with Crippen molar-refractivity contribution in [3.05, 3.63) is 23.8 Å². The first kappa shape index (κ1) is 16.0. The molecule has 0 bridgehead atoms. The normalized spacial score (nSPS) is 38.3. The van der Waals surface area contributed by atoms with Gasteiger partial charge in [-0.2, -0.15) is 0 Å². The van der Waals surface area contributed by atoms with Crippen molar-refractivity contribution in [2.75, 3.05) is 14.2 Å². The Labute approximate surface area is 133 Å². The van der Waals surface area contributed by atoms with Crippen LogP contribution in [-0.4, -0.2) is 53.3 Å². The summed E-state index contributed by atoms with van der Waals surface area (Å²) in [5, 5.41) is 32.1. The van der Waals surface area contributed by atoms with Crippen LogP contribution in [0, 0.1) is 11.8 Å². The highest BCUT2D eigenvalue weighted by Crippen LogP contribution is 2.54. The molecule has 1 aromatic carbocycles. The molecule has 1 aliphatic heterocycles. The quantitative estimate of drug-likeness (QED) is 0.659. The Morgan fingerprint density at radius 1 is 1.30 bits per heavy atom. The molecule has 6 atom stereocenters. The summed E-state index contributed by atoms with van der Waals surface area (Å²) in [7, 11) is 2.57. The molecular weight excluding hydrogens is 304 g/mol. The van der Waals surface area contributed by atoms with Gasteiger partial charge in [-0.15, -0.1) is 0 Å². The van der Waals surface area contributed by atoms with E-state index >= 15 is 0 Å². The van der Waals surface area contributed by atoms with Crippen LogP contribution in [0.2, 0.25) is 0 Å². The van der Waals surface area contributed by atoms with E-state index in [4.69, 9.17) is 9.47 Å². The number of carbonyl (C=O) groups excluding carboxylic acids is 1. The number of aliphatic hydroxyl groups excluding tert-OH is 2. The minimum absolute atomic E-state index is 0.347. The predicted octanol–water partition coefficient (Wildman–Crippen LogP) is 0.0205. The minimum atomic E-state index is -2.25. The first-order valence-corrected chi connectivity index (χ1v) is 7.38. The lowest BCUT2D eigenvalue weighted by Gasteiger charge is -2.39. The maximum atomic E-state index is 12.1. The second-order valence-electron chi connectivity index (χ2n) is 6.05. The maximum absolute atomic E-state index is 12.1. The van der Waals surface area contributed by atoms with Crippen LogP contribution in [-0.2, 0) is 9.53 Å². The fourth-order valence-electron chi connectivity index (χ4n) is 3.80. The van der Waals surface area contributed by atoms with Gasteiger partial charge in [0.15, 0.2) is 5.60 Å². The minimum Gasteiger partial charge on any atom is -0.496 e. The highest BCUT2D eigenvalue weighted by atomic mass is 16.5. The molecule has 1 saturated carbocycles. The van der Waals surface area contributed by atoms with Gasteiger partial charge in [0, 0.05) is 5.92 Å². The van der Waals surface area contributed by atoms with Crippen molar-refractivity contribution in [1.82, 2.24) is 0 Å². The smallest absolute Gasteiger partial charge is 0.341 e. The van der Waals surface area contributed by atoms with Crippen molar-refractivity contribution in [2.45, 2.75) is 30.8 Å². The monoisotopic (exact) mass is 324 g/mol. The number of aliphatic hydroxyl groups is 3. The molecule has 23 heavy (non-hydrogen) atoms. The number of hydrogen-bond acceptors (Lipinski definition) is 7. The Morgan fingerprint density at radius 2 is 2.00 bits per heavy atom. The summed E-state index contributed by atoms with van der Waals surface area (Å²) in [5.41, 5.74) is -1.91. The molecule has 3 N–H and O–H groups in total. The van der Waals surface area contributed by atoms with E-state index in [1.807, 2.05) is 0 Å². The molecule has 1 heterocycles. The second-order valence-corrected chi connectivity index (χ2v) is 6.05. The van der Waals surface area contributed by atoms with Gasteiger partial charge >= 0.3 is 5.97 Å². The molecule has 1 aromatic rings. The zero-order valence-corrected chi connectivity index (χ0v) is 13.1. The highest BCUT2D eigenvalue weighted by molar-refractivity contribution is 5.82. The molecule has 0 unspecified atom stereocenters. The van der Waals surface area contributed by atoms with Crippen LogP contribution in [0.25, 0.3) is 0 Å². The Morgan fingerprint density at radius 3 is 2.61 bits per heavy atom. The summed E-state index contributed by atoms with van der Waals surface area (Å²) >= 11 is 0. The Bertz CT molecular complexity index is 631. The molecule has 0 aromatic heterocycles. The molecular formula is C16H20O7. The Hall–Kier alpha value is -1.83. The largest absolute Gasteiger partial charge is 0.496 e. The average Bonchev–Trinajstić information content (AvgIpc) is 2.76. The summed E-state index contributed by atoms with van der Waals surface area (Å²) in [5.74, 6) is -1.84. The van der Waals surface area contributed by atoms with Gasteiger partial charge in [0.1, 0.15) is 23.7 Å². The van der Waals surface area contributed by atoms with Crippen LogP contribution in [0.1, 0.15) is 18.6 Å². The van der Waals surface area contributed by atoms with E-state index < -0.39 is 41.7 Å². The molecule has 0 spiro atoms. The van der Waals surface area contributed by atoms with E-state index in [1.165, 1.54) is 7.11 Å².